The molecule has 1 saturated heterocycles. The third kappa shape index (κ3) is 4.17. The summed E-state index contributed by atoms with van der Waals surface area (Å²) in [4.78, 5) is 2.47. The first kappa shape index (κ1) is 17.3. The van der Waals surface area contributed by atoms with Gasteiger partial charge in [-0.3, -0.25) is 9.47 Å². The van der Waals surface area contributed by atoms with E-state index in [1.807, 2.05) is 0 Å². The smallest absolute Gasteiger partial charge is 0.195 e. The van der Waals surface area contributed by atoms with Crippen molar-refractivity contribution in [2.24, 2.45) is 0 Å². The fraction of sp³-hybridized carbons (Fsp3) is 0.333. The number of hydrogen-bond acceptors (Lipinski definition) is 4. The maximum absolute atomic E-state index is 4.53. The van der Waals surface area contributed by atoms with E-state index in [2.05, 4.69) is 80.3 Å². The van der Waals surface area contributed by atoms with Gasteiger partial charge in [0.15, 0.2) is 11.0 Å². The second-order valence-corrected chi connectivity index (χ2v) is 7.70. The molecule has 0 spiro atoms. The predicted octanol–water partition coefficient (Wildman–Crippen LogP) is 4.20. The zero-order chi connectivity index (χ0) is 17.6. The molecule has 26 heavy (non-hydrogen) atoms. The lowest BCUT2D eigenvalue weighted by Gasteiger charge is -2.16. The molecule has 3 aromatic rings. The van der Waals surface area contributed by atoms with Crippen molar-refractivity contribution in [3.63, 3.8) is 0 Å². The number of thioether (sulfide) groups is 1. The van der Waals surface area contributed by atoms with Crippen LogP contribution in [0.2, 0.25) is 0 Å². The van der Waals surface area contributed by atoms with Gasteiger partial charge in [0.25, 0.3) is 0 Å². The Balaban J connectivity index is 1.52. The lowest BCUT2D eigenvalue weighted by molar-refractivity contribution is 0.319. The third-order valence-electron chi connectivity index (χ3n) is 4.74. The molecule has 2 aromatic carbocycles. The van der Waals surface area contributed by atoms with Crippen LogP contribution in [0.1, 0.15) is 24.2 Å². The summed E-state index contributed by atoms with van der Waals surface area (Å²) in [6, 6.07) is 21.1. The number of aromatic nitrogens is 3. The number of likely N-dealkylation sites (tertiary alicyclic amines) is 1. The molecule has 5 heteroatoms. The summed E-state index contributed by atoms with van der Waals surface area (Å²) >= 11 is 1.79. The van der Waals surface area contributed by atoms with Crippen LogP contribution < -0.4 is 0 Å². The van der Waals surface area contributed by atoms with Crippen molar-refractivity contribution in [3.8, 4) is 5.69 Å². The molecule has 0 N–H and O–H groups in total. The molecule has 0 bridgehead atoms. The Kier molecular flexibility index (Phi) is 5.67. The molecule has 0 saturated carbocycles. The van der Waals surface area contributed by atoms with Crippen LogP contribution in [0, 0.1) is 0 Å². The Hall–Kier alpha value is -2.11. The molecule has 4 nitrogen and oxygen atoms in total. The Labute approximate surface area is 159 Å². The average Bonchev–Trinajstić information content (AvgIpc) is 3.34. The molecule has 1 aliphatic rings. The fourth-order valence-corrected chi connectivity index (χ4v) is 4.34. The van der Waals surface area contributed by atoms with Gasteiger partial charge in [0, 0.05) is 11.4 Å². The van der Waals surface area contributed by atoms with Crippen LogP contribution >= 0.6 is 11.8 Å². The van der Waals surface area contributed by atoms with Gasteiger partial charge in [-0.15, -0.1) is 10.2 Å². The molecule has 1 aliphatic heterocycles. The van der Waals surface area contributed by atoms with Crippen LogP contribution in [0.4, 0.5) is 0 Å². The molecule has 134 valence electrons. The first-order chi connectivity index (χ1) is 12.9. The highest BCUT2D eigenvalue weighted by atomic mass is 32.2. The molecule has 0 amide bonds. The zero-order valence-electron chi connectivity index (χ0n) is 14.9. The van der Waals surface area contributed by atoms with E-state index in [4.69, 9.17) is 0 Å². The summed E-state index contributed by atoms with van der Waals surface area (Å²) in [6.07, 6.45) is 3.62. The maximum Gasteiger partial charge on any atom is 0.195 e. The second-order valence-electron chi connectivity index (χ2n) is 6.64. The molecule has 2 heterocycles. The van der Waals surface area contributed by atoms with Gasteiger partial charge >= 0.3 is 0 Å². The van der Waals surface area contributed by atoms with Gasteiger partial charge in [-0.05, 0) is 50.0 Å². The molecule has 0 aliphatic carbocycles. The van der Waals surface area contributed by atoms with Crippen molar-refractivity contribution in [2.45, 2.75) is 31.0 Å². The lowest BCUT2D eigenvalue weighted by atomic mass is 10.2. The molecular formula is C21H24N4S. The van der Waals surface area contributed by atoms with E-state index in [9.17, 15) is 0 Å². The minimum Gasteiger partial charge on any atom is -0.296 e. The summed E-state index contributed by atoms with van der Waals surface area (Å²) in [6.45, 7) is 3.21. The molecule has 1 fully saturated rings. The lowest BCUT2D eigenvalue weighted by Crippen LogP contribution is -2.21. The van der Waals surface area contributed by atoms with Gasteiger partial charge in [0.1, 0.15) is 0 Å². The first-order valence-electron chi connectivity index (χ1n) is 9.29. The van der Waals surface area contributed by atoms with Crippen LogP contribution in [0.25, 0.3) is 5.69 Å². The van der Waals surface area contributed by atoms with Crippen molar-refractivity contribution in [3.05, 3.63) is 72.1 Å². The Bertz CT molecular complexity index is 811. The third-order valence-corrected chi connectivity index (χ3v) is 5.67. The highest BCUT2D eigenvalue weighted by Crippen LogP contribution is 2.24. The number of hydrogen-bond donors (Lipinski definition) is 0. The van der Waals surface area contributed by atoms with Crippen molar-refractivity contribution in [1.29, 1.82) is 0 Å². The normalized spacial score (nSPS) is 14.8. The Morgan fingerprint density at radius 2 is 1.54 bits per heavy atom. The van der Waals surface area contributed by atoms with Crippen molar-refractivity contribution < 1.29 is 0 Å². The summed E-state index contributed by atoms with van der Waals surface area (Å²) in [5.74, 6) is 2.04. The van der Waals surface area contributed by atoms with Gasteiger partial charge in [0.05, 0.1) is 6.54 Å². The Morgan fingerprint density at radius 3 is 2.27 bits per heavy atom. The molecule has 1 aromatic heterocycles. The van der Waals surface area contributed by atoms with E-state index in [0.717, 1.165) is 48.5 Å². The van der Waals surface area contributed by atoms with Crippen molar-refractivity contribution in [1.82, 2.24) is 19.7 Å². The van der Waals surface area contributed by atoms with Gasteiger partial charge in [-0.25, -0.2) is 0 Å². The maximum atomic E-state index is 4.53. The minimum atomic E-state index is 0.876. The van der Waals surface area contributed by atoms with Crippen LogP contribution in [0.5, 0.6) is 0 Å². The number of nitrogens with zero attached hydrogens (tertiary/aromatic N) is 4. The molecular weight excluding hydrogens is 340 g/mol. The highest BCUT2D eigenvalue weighted by molar-refractivity contribution is 7.99. The van der Waals surface area contributed by atoms with Gasteiger partial charge in [0.2, 0.25) is 0 Å². The van der Waals surface area contributed by atoms with E-state index in [1.165, 1.54) is 18.4 Å². The fourth-order valence-electron chi connectivity index (χ4n) is 3.38. The van der Waals surface area contributed by atoms with E-state index in [-0.39, 0.29) is 0 Å². The SMILES string of the molecule is c1ccc(CCSc2nnc(CN3CCCC3)n2-c2ccccc2)cc1. The molecule has 0 unspecified atom stereocenters. The van der Waals surface area contributed by atoms with Crippen LogP contribution in [0.15, 0.2) is 65.8 Å². The first-order valence-corrected chi connectivity index (χ1v) is 10.3. The second kappa shape index (κ2) is 8.52. The molecule has 0 atom stereocenters. The largest absolute Gasteiger partial charge is 0.296 e. The van der Waals surface area contributed by atoms with E-state index < -0.39 is 0 Å². The number of aryl methyl sites for hydroxylation is 1. The summed E-state index contributed by atoms with van der Waals surface area (Å²) < 4.78 is 2.23. The summed E-state index contributed by atoms with van der Waals surface area (Å²) in [7, 11) is 0. The van der Waals surface area contributed by atoms with E-state index >= 15 is 0 Å². The monoisotopic (exact) mass is 364 g/mol. The Morgan fingerprint density at radius 1 is 0.846 bits per heavy atom. The van der Waals surface area contributed by atoms with Gasteiger partial charge in [-0.2, -0.15) is 0 Å². The minimum absolute atomic E-state index is 0.876. The average molecular weight is 365 g/mol. The summed E-state index contributed by atoms with van der Waals surface area (Å²) in [5, 5.41) is 10.0. The van der Waals surface area contributed by atoms with E-state index in [0.29, 0.717) is 0 Å². The quantitative estimate of drug-likeness (QED) is 0.589. The standard InChI is InChI=1S/C21H24N4S/c1-3-9-18(10-4-1)13-16-26-21-23-22-20(17-24-14-7-8-15-24)25(21)19-11-5-2-6-12-19/h1-6,9-12H,7-8,13-17H2. The van der Waals surface area contributed by atoms with E-state index in [1.54, 1.807) is 11.8 Å². The molecule has 4 rings (SSSR count). The predicted molar refractivity (Wildman–Crippen MR) is 107 cm³/mol. The van der Waals surface area contributed by atoms with Gasteiger partial charge < -0.3 is 0 Å². The molecule has 0 radical (unpaired) electrons. The van der Waals surface area contributed by atoms with Crippen molar-refractivity contribution >= 4 is 11.8 Å². The van der Waals surface area contributed by atoms with Crippen molar-refractivity contribution in [2.75, 3.05) is 18.8 Å². The number of benzene rings is 2. The summed E-state index contributed by atoms with van der Waals surface area (Å²) in [5.41, 5.74) is 2.51. The van der Waals surface area contributed by atoms with Crippen LogP contribution in [0.3, 0.4) is 0 Å². The van der Waals surface area contributed by atoms with Gasteiger partial charge in [-0.1, -0.05) is 60.3 Å². The topological polar surface area (TPSA) is 34.0 Å². The number of rotatable bonds is 7. The number of para-hydroxylation sites is 1. The van der Waals surface area contributed by atoms with Crippen LogP contribution in [-0.4, -0.2) is 38.5 Å². The van der Waals surface area contributed by atoms with Crippen LogP contribution in [-0.2, 0) is 13.0 Å². The zero-order valence-corrected chi connectivity index (χ0v) is 15.7. The highest BCUT2D eigenvalue weighted by Gasteiger charge is 2.19.